The van der Waals surface area contributed by atoms with Crippen LogP contribution in [-0.2, 0) is 167 Å². The van der Waals surface area contributed by atoms with Gasteiger partial charge in [-0.3, -0.25) is 0 Å². The van der Waals surface area contributed by atoms with Crippen LogP contribution in [0.4, 0.5) is 0 Å². The van der Waals surface area contributed by atoms with Crippen molar-refractivity contribution in [2.75, 3.05) is 78.8 Å². The largest absolute Gasteiger partial charge is 3.00 e. The van der Waals surface area contributed by atoms with Gasteiger partial charge in [-0.25, -0.2) is 0 Å². The van der Waals surface area contributed by atoms with E-state index in [1.54, 1.807) is 27.7 Å². The van der Waals surface area contributed by atoms with Crippen molar-refractivity contribution in [2.24, 2.45) is 21.7 Å². The average molecular weight is 1990 g/mol. The van der Waals surface area contributed by atoms with Gasteiger partial charge in [0.25, 0.3) is 0 Å². The predicted octanol–water partition coefficient (Wildman–Crippen LogP) is 25.3. The summed E-state index contributed by atoms with van der Waals surface area (Å²) in [5.74, 6) is 0. The quantitative estimate of drug-likeness (QED) is 0.0517. The Bertz CT molecular complexity index is 2010. The molecule has 0 saturated carbocycles. The predicted molar refractivity (Wildman–Crippen MR) is 466 cm³/mol. The van der Waals surface area contributed by atoms with Crippen molar-refractivity contribution in [1.82, 2.24) is 0 Å². The van der Waals surface area contributed by atoms with Gasteiger partial charge >= 0.3 is 131 Å². The van der Waals surface area contributed by atoms with Crippen LogP contribution in [0.2, 0.25) is 0 Å². The summed E-state index contributed by atoms with van der Waals surface area (Å²) >= 11 is 0. The van der Waals surface area contributed by atoms with E-state index in [2.05, 4.69) is 96.1 Å². The van der Waals surface area contributed by atoms with Crippen molar-refractivity contribution >= 4 is 58.3 Å². The molecule has 0 N–H and O–H groups in total. The molecule has 0 aliphatic carbocycles. The molecule has 0 fully saturated rings. The van der Waals surface area contributed by atoms with E-state index in [0.717, 1.165) is 0 Å². The first-order chi connectivity index (χ1) is 46.4. The van der Waals surface area contributed by atoms with E-state index >= 15 is 0 Å². The molecule has 0 aromatic rings. The molecule has 640 valence electrons. The first kappa shape index (κ1) is 140. The van der Waals surface area contributed by atoms with Crippen molar-refractivity contribution in [3.8, 4) is 0 Å². The Morgan fingerprint density at radius 2 is 0.231 bits per heavy atom. The van der Waals surface area contributed by atoms with Crippen LogP contribution < -0.4 is 20.4 Å². The molecule has 0 aliphatic heterocycles. The maximum absolute atomic E-state index is 13.0. The fraction of sp³-hybridized carbons (Fsp3) is 1.00. The van der Waals surface area contributed by atoms with Crippen LogP contribution in [0.25, 0.3) is 40.7 Å². The zero-order valence-corrected chi connectivity index (χ0v) is 96.6. The maximum Gasteiger partial charge on any atom is 3.00 e. The van der Waals surface area contributed by atoms with Gasteiger partial charge < -0.3 is 97.6 Å². The summed E-state index contributed by atoms with van der Waals surface area (Å²) < 4.78 is 104. The molecule has 20 nitrogen and oxygen atoms in total. The standard InChI is InChI=1S/4C17H38N2O2P2.4C2H5O.4Y/c4*1-13(2)22(20,14(3)4)18-11-17(9,10)12-19-23(21,15(5)6)16(7)8;4*1-2-3;;;;/h4*13-16H,11-12H2,1-10H3;4*2H2,1H3;;;;/q4*-2;4*-1;4*+3. The molecule has 108 heavy (non-hydrogen) atoms. The molecule has 0 unspecified atom stereocenters. The summed E-state index contributed by atoms with van der Waals surface area (Å²) in [6, 6.07) is 0. The van der Waals surface area contributed by atoms with Crippen LogP contribution >= 0.6 is 58.3 Å². The molecule has 0 bridgehead atoms. The summed E-state index contributed by atoms with van der Waals surface area (Å²) in [7, 11) is -20.4. The van der Waals surface area contributed by atoms with Crippen LogP contribution in [0, 0.1) is 21.7 Å². The average Bonchev–Trinajstić information content (AvgIpc) is 0.835. The van der Waals surface area contributed by atoms with E-state index in [-0.39, 0.29) is 269 Å². The minimum absolute atomic E-state index is 0. The number of nitrogens with zero attached hydrogens (tertiary/aromatic N) is 8. The smallest absolute Gasteiger partial charge is 0.855 e. The second-order valence-corrected chi connectivity index (χ2v) is 64.6. The SMILES string of the molecule is CC(C)P(=O)([N-]CC(C)(C)C[N-]P(=O)(C(C)C)C(C)C)C(C)C.CC(C)P(=O)([N-]CC(C)(C)C[N-]P(=O)(C(C)C)C(C)C)C(C)C.CC(C)P(=O)([N-]CC(C)(C)C[N-]P(=O)(C(C)C)C(C)C)C(C)C.CC(C)P(=O)([N-]CC(C)(C)C[N-]P(=O)(C(C)C)C(C)C)C(C)C.CC[O-].CC[O-].CC[O-].CC[O-].[Y+3].[Y+3].[Y+3].[Y+3]. The number of hydrogen-bond acceptors (Lipinski definition) is 12. The summed E-state index contributed by atoms with van der Waals surface area (Å²) in [6.07, 6.45) is 0. The molecule has 0 rings (SSSR count). The van der Waals surface area contributed by atoms with E-state index in [1.807, 2.05) is 222 Å². The molecular weight excluding hydrogens is 1820 g/mol. The first-order valence-corrected chi connectivity index (χ1v) is 53.4. The van der Waals surface area contributed by atoms with Crippen molar-refractivity contribution in [2.45, 2.75) is 395 Å². The third kappa shape index (κ3) is 55.1. The zero-order valence-electron chi connectivity index (χ0n) is 78.1. The summed E-state index contributed by atoms with van der Waals surface area (Å²) in [5.41, 5.74) is 0.109. The van der Waals surface area contributed by atoms with Gasteiger partial charge in [0.1, 0.15) is 0 Å². The minimum atomic E-state index is -2.55. The minimum Gasteiger partial charge on any atom is -0.855 e. The summed E-state index contributed by atoms with van der Waals surface area (Å²) in [4.78, 5) is 0. The number of hydrogen-bond donors (Lipinski definition) is 0. The molecule has 0 aromatic heterocycles. The van der Waals surface area contributed by atoms with Gasteiger partial charge in [0.05, 0.1) is 0 Å². The number of rotatable bonds is 40. The fourth-order valence-electron chi connectivity index (χ4n) is 10.00. The Morgan fingerprint density at radius 1 is 0.185 bits per heavy atom. The van der Waals surface area contributed by atoms with Gasteiger partial charge in [-0.1, -0.05) is 326 Å². The molecule has 0 saturated heterocycles. The van der Waals surface area contributed by atoms with Crippen LogP contribution in [0.3, 0.4) is 0 Å². The molecule has 0 heterocycles. The molecule has 0 spiro atoms. The fourth-order valence-corrected chi connectivity index (χ4v) is 29.6. The molecule has 0 radical (unpaired) electrons. The third-order valence-corrected chi connectivity index (χ3v) is 45.9. The van der Waals surface area contributed by atoms with Gasteiger partial charge in [0.2, 0.25) is 0 Å². The Hall–Kier alpha value is 5.78. The molecule has 0 atom stereocenters. The molecule has 0 aromatic carbocycles. The Morgan fingerprint density at radius 3 is 0.269 bits per heavy atom. The third-order valence-electron chi connectivity index (χ3n) is 17.6. The Balaban J connectivity index is -0.000000107. The van der Waals surface area contributed by atoms with Gasteiger partial charge in [0, 0.05) is 58.3 Å². The molecular formula is C76H172N8O12P8Y4. The summed E-state index contributed by atoms with van der Waals surface area (Å²) in [6.45, 7) is 90.1. The van der Waals surface area contributed by atoms with E-state index in [0.29, 0.717) is 52.4 Å². The van der Waals surface area contributed by atoms with Gasteiger partial charge in [0.15, 0.2) is 0 Å². The van der Waals surface area contributed by atoms with E-state index in [1.165, 1.54) is 0 Å². The van der Waals surface area contributed by atoms with Crippen LogP contribution in [0.5, 0.6) is 0 Å². The molecule has 32 heteroatoms. The van der Waals surface area contributed by atoms with E-state index in [4.69, 9.17) is 20.4 Å². The second kappa shape index (κ2) is 66.3. The van der Waals surface area contributed by atoms with Crippen molar-refractivity contribution in [3.05, 3.63) is 40.7 Å². The Labute approximate surface area is 773 Å². The van der Waals surface area contributed by atoms with Gasteiger partial charge in [-0.2, -0.15) is 0 Å². The van der Waals surface area contributed by atoms with Crippen LogP contribution in [-0.4, -0.2) is 169 Å². The van der Waals surface area contributed by atoms with E-state index in [9.17, 15) is 36.5 Å². The second-order valence-electron chi connectivity index (χ2n) is 35.1. The van der Waals surface area contributed by atoms with Gasteiger partial charge in [-0.05, 0) is 90.5 Å². The van der Waals surface area contributed by atoms with Crippen molar-refractivity contribution < 1.29 is 188 Å². The van der Waals surface area contributed by atoms with Crippen LogP contribution in [0.1, 0.15) is 305 Å². The van der Waals surface area contributed by atoms with Crippen molar-refractivity contribution in [1.29, 1.82) is 0 Å². The van der Waals surface area contributed by atoms with Gasteiger partial charge in [-0.15, -0.1) is 78.8 Å². The topological polar surface area (TPSA) is 342 Å². The Kier molecular flexibility index (Phi) is 85.8. The summed E-state index contributed by atoms with van der Waals surface area (Å²) in [5, 5.41) is 72.7. The maximum atomic E-state index is 13.0. The van der Waals surface area contributed by atoms with Crippen LogP contribution in [0.15, 0.2) is 0 Å². The normalized spacial score (nSPS) is 13.0. The van der Waals surface area contributed by atoms with Crippen molar-refractivity contribution in [3.63, 3.8) is 0 Å². The van der Waals surface area contributed by atoms with E-state index < -0.39 is 58.3 Å². The zero-order chi connectivity index (χ0) is 85.4. The first-order valence-electron chi connectivity index (χ1n) is 39.0. The molecule has 0 aliphatic rings. The molecule has 0 amide bonds. The monoisotopic (exact) mass is 1990 g/mol.